The number of fused-ring (bicyclic) bond motifs is 2. The maximum Gasteiger partial charge on any atom is 0.188 e. The van der Waals surface area contributed by atoms with Gasteiger partial charge < -0.3 is 14.6 Å². The molecular weight excluding hydrogens is 422 g/mol. The van der Waals surface area contributed by atoms with Gasteiger partial charge in [-0.3, -0.25) is 4.90 Å². The number of anilines is 1. The minimum absolute atomic E-state index is 0.355. The Morgan fingerprint density at radius 1 is 1.25 bits per heavy atom. The Hall–Kier alpha value is -2.49. The molecule has 4 aromatic heterocycles. The number of ether oxygens (including phenoxy) is 1. The third-order valence-electron chi connectivity index (χ3n) is 6.85. The molecule has 168 valence electrons. The summed E-state index contributed by atoms with van der Waals surface area (Å²) >= 11 is 1.77. The van der Waals surface area contributed by atoms with Crippen molar-refractivity contribution in [2.45, 2.75) is 45.7 Å². The molecule has 1 N–H and O–H groups in total. The average Bonchev–Trinajstić information content (AvgIpc) is 3.40. The van der Waals surface area contributed by atoms with Crippen molar-refractivity contribution in [1.29, 1.82) is 0 Å². The van der Waals surface area contributed by atoms with Crippen molar-refractivity contribution >= 4 is 32.5 Å². The van der Waals surface area contributed by atoms with Gasteiger partial charge in [0.25, 0.3) is 0 Å². The van der Waals surface area contributed by atoms with E-state index in [1.807, 2.05) is 4.52 Å². The third kappa shape index (κ3) is 3.14. The van der Waals surface area contributed by atoms with Gasteiger partial charge in [0.15, 0.2) is 10.8 Å². The van der Waals surface area contributed by atoms with Crippen LogP contribution in [0.2, 0.25) is 0 Å². The predicted molar refractivity (Wildman–Crippen MR) is 128 cm³/mol. The number of aromatic amines is 1. The molecule has 6 rings (SSSR count). The molecule has 2 fully saturated rings. The van der Waals surface area contributed by atoms with Crippen molar-refractivity contribution in [3.63, 3.8) is 0 Å². The number of rotatable bonds is 4. The summed E-state index contributed by atoms with van der Waals surface area (Å²) in [6.07, 6.45) is 3.67. The largest absolute Gasteiger partial charge is 0.378 e. The van der Waals surface area contributed by atoms with Crippen molar-refractivity contribution < 1.29 is 4.74 Å². The molecule has 0 radical (unpaired) electrons. The fourth-order valence-corrected chi connectivity index (χ4v) is 6.17. The van der Waals surface area contributed by atoms with Crippen LogP contribution in [-0.4, -0.2) is 74.4 Å². The number of piperazine rings is 1. The summed E-state index contributed by atoms with van der Waals surface area (Å²) in [5, 5.41) is 5.48. The lowest BCUT2D eigenvalue weighted by atomic mass is 9.99. The quantitative estimate of drug-likeness (QED) is 0.510. The number of nitrogens with zero attached hydrogens (tertiary/aromatic N) is 6. The molecule has 6 heterocycles. The van der Waals surface area contributed by atoms with Gasteiger partial charge in [-0.15, -0.1) is 0 Å². The number of aryl methyl sites for hydroxylation is 1. The summed E-state index contributed by atoms with van der Waals surface area (Å²) in [6, 6.07) is 3.24. The van der Waals surface area contributed by atoms with E-state index in [1.165, 1.54) is 5.56 Å². The van der Waals surface area contributed by atoms with Crippen LogP contribution in [0.5, 0.6) is 0 Å². The van der Waals surface area contributed by atoms with Crippen LogP contribution in [0.15, 0.2) is 18.6 Å². The number of hydrogen-bond acceptors (Lipinski definition) is 7. The fraction of sp³-hybridized carbons (Fsp3) is 0.522. The highest BCUT2D eigenvalue weighted by molar-refractivity contribution is 7.21. The van der Waals surface area contributed by atoms with E-state index in [0.29, 0.717) is 18.0 Å². The zero-order valence-corrected chi connectivity index (χ0v) is 19.8. The second-order valence-electron chi connectivity index (χ2n) is 9.41. The minimum atomic E-state index is 0.355. The lowest BCUT2D eigenvalue weighted by Crippen LogP contribution is -2.59. The van der Waals surface area contributed by atoms with Crippen molar-refractivity contribution in [3.8, 4) is 11.3 Å². The highest BCUT2D eigenvalue weighted by atomic mass is 32.1. The molecule has 8 nitrogen and oxygen atoms in total. The van der Waals surface area contributed by atoms with E-state index in [1.54, 1.807) is 17.7 Å². The fourth-order valence-electron chi connectivity index (χ4n) is 5.05. The molecule has 1 unspecified atom stereocenters. The molecule has 0 bridgehead atoms. The van der Waals surface area contributed by atoms with Gasteiger partial charge in [0.05, 0.1) is 24.9 Å². The first kappa shape index (κ1) is 20.1. The van der Waals surface area contributed by atoms with Gasteiger partial charge in [-0.1, -0.05) is 25.2 Å². The normalized spacial score (nSPS) is 20.7. The standard InChI is InChI=1S/C23H29N7OS/c1-13(2)18-19(16-7-14(3)21-24-12-25-30(21)9-16)26-22-20(18)27-23(32-22)29-6-5-28(8-15(29)4)17-10-31-11-17/h7,9,12-13,15,17,26H,5-6,8,10-11H2,1-4H3. The van der Waals surface area contributed by atoms with Crippen LogP contribution in [0.25, 0.3) is 27.3 Å². The monoisotopic (exact) mass is 451 g/mol. The molecule has 0 amide bonds. The molecular formula is C23H29N7OS. The summed E-state index contributed by atoms with van der Waals surface area (Å²) in [7, 11) is 0. The second-order valence-corrected chi connectivity index (χ2v) is 10.4. The third-order valence-corrected chi connectivity index (χ3v) is 7.85. The van der Waals surface area contributed by atoms with E-state index in [9.17, 15) is 0 Å². The van der Waals surface area contributed by atoms with Crippen molar-refractivity contribution in [2.75, 3.05) is 37.7 Å². The first-order valence-corrected chi connectivity index (χ1v) is 12.2. The van der Waals surface area contributed by atoms with E-state index in [4.69, 9.17) is 9.72 Å². The number of H-pyrrole nitrogens is 1. The first-order chi connectivity index (χ1) is 15.5. The van der Waals surface area contributed by atoms with Crippen LogP contribution < -0.4 is 4.90 Å². The Morgan fingerprint density at radius 3 is 2.81 bits per heavy atom. The Labute approximate surface area is 191 Å². The minimum Gasteiger partial charge on any atom is -0.378 e. The lowest BCUT2D eigenvalue weighted by molar-refractivity contribution is -0.0691. The zero-order valence-electron chi connectivity index (χ0n) is 19.0. The first-order valence-electron chi connectivity index (χ1n) is 11.4. The Kier molecular flexibility index (Phi) is 4.74. The molecule has 0 aromatic carbocycles. The second kappa shape index (κ2) is 7.54. The van der Waals surface area contributed by atoms with E-state index in [2.05, 4.69) is 64.8 Å². The molecule has 0 aliphatic carbocycles. The summed E-state index contributed by atoms with van der Waals surface area (Å²) in [6.45, 7) is 13.8. The zero-order chi connectivity index (χ0) is 22.0. The van der Waals surface area contributed by atoms with Gasteiger partial charge in [0.1, 0.15) is 16.7 Å². The van der Waals surface area contributed by atoms with E-state index < -0.39 is 0 Å². The maximum atomic E-state index is 5.40. The summed E-state index contributed by atoms with van der Waals surface area (Å²) < 4.78 is 7.25. The van der Waals surface area contributed by atoms with Crippen LogP contribution in [0, 0.1) is 6.92 Å². The van der Waals surface area contributed by atoms with Gasteiger partial charge in [0.2, 0.25) is 0 Å². The Morgan fingerprint density at radius 2 is 2.09 bits per heavy atom. The van der Waals surface area contributed by atoms with E-state index in [0.717, 1.165) is 70.8 Å². The number of hydrogen-bond donors (Lipinski definition) is 1. The highest BCUT2D eigenvalue weighted by Gasteiger charge is 2.33. The van der Waals surface area contributed by atoms with Crippen molar-refractivity contribution in [2.24, 2.45) is 0 Å². The molecule has 32 heavy (non-hydrogen) atoms. The van der Waals surface area contributed by atoms with E-state index in [-0.39, 0.29) is 0 Å². The number of pyridine rings is 1. The topological polar surface area (TPSA) is 74.6 Å². The van der Waals surface area contributed by atoms with Gasteiger partial charge in [-0.2, -0.15) is 5.10 Å². The van der Waals surface area contributed by atoms with Gasteiger partial charge in [-0.25, -0.2) is 14.5 Å². The Bertz CT molecular complexity index is 1280. The molecule has 4 aromatic rings. The van der Waals surface area contributed by atoms with E-state index >= 15 is 0 Å². The Balaban J connectivity index is 1.36. The van der Waals surface area contributed by atoms with Crippen LogP contribution in [-0.2, 0) is 4.74 Å². The summed E-state index contributed by atoms with van der Waals surface area (Å²) in [5.41, 5.74) is 6.66. The van der Waals surface area contributed by atoms with Crippen molar-refractivity contribution in [3.05, 3.63) is 29.7 Å². The smallest absolute Gasteiger partial charge is 0.188 e. The lowest BCUT2D eigenvalue weighted by Gasteiger charge is -2.45. The molecule has 1 atom stereocenters. The van der Waals surface area contributed by atoms with Gasteiger partial charge >= 0.3 is 0 Å². The molecule has 2 aliphatic rings. The van der Waals surface area contributed by atoms with Gasteiger partial charge in [0, 0.05) is 43.0 Å². The molecule has 2 aliphatic heterocycles. The molecule has 0 saturated carbocycles. The molecule has 9 heteroatoms. The van der Waals surface area contributed by atoms with Crippen LogP contribution in [0.4, 0.5) is 5.13 Å². The highest BCUT2D eigenvalue weighted by Crippen LogP contribution is 2.40. The summed E-state index contributed by atoms with van der Waals surface area (Å²) in [4.78, 5) is 19.4. The summed E-state index contributed by atoms with van der Waals surface area (Å²) in [5.74, 6) is 0.355. The molecule has 2 saturated heterocycles. The predicted octanol–water partition coefficient (Wildman–Crippen LogP) is 3.68. The van der Waals surface area contributed by atoms with Gasteiger partial charge in [-0.05, 0) is 31.4 Å². The maximum absolute atomic E-state index is 5.40. The molecule has 0 spiro atoms. The van der Waals surface area contributed by atoms with Crippen molar-refractivity contribution in [1.82, 2.24) is 29.5 Å². The number of aromatic nitrogens is 5. The van der Waals surface area contributed by atoms with Crippen LogP contribution >= 0.6 is 11.3 Å². The SMILES string of the molecule is Cc1cc(-c2[nH]c3sc(N4CCN(C5COC5)CC4C)nc3c2C(C)C)cn2ncnc12. The van der Waals surface area contributed by atoms with Crippen LogP contribution in [0.3, 0.4) is 0 Å². The average molecular weight is 452 g/mol. The van der Waals surface area contributed by atoms with Crippen LogP contribution in [0.1, 0.15) is 37.8 Å². The number of thiazole rings is 1. The number of nitrogens with one attached hydrogen (secondary N) is 1.